The molecule has 0 atom stereocenters. The van der Waals surface area contributed by atoms with E-state index in [2.05, 4.69) is 4.98 Å². The van der Waals surface area contributed by atoms with Crippen LogP contribution < -0.4 is 0 Å². The van der Waals surface area contributed by atoms with E-state index in [1.54, 1.807) is 29.4 Å². The summed E-state index contributed by atoms with van der Waals surface area (Å²) in [5.41, 5.74) is 1.87. The molecule has 0 radical (unpaired) electrons. The van der Waals surface area contributed by atoms with Crippen molar-refractivity contribution in [3.63, 3.8) is 0 Å². The SMILES string of the molecule is CCOC(=O)Cn1c(C)c(-c2ccc(C(F)(F)F)cc2CN(CC)C(=O)C2CC2)c2c(Cl)nccc21. The van der Waals surface area contributed by atoms with Gasteiger partial charge in [-0.3, -0.25) is 9.59 Å². The normalized spacial score (nSPS) is 13.8. The Morgan fingerprint density at radius 1 is 1.22 bits per heavy atom. The molecule has 1 aliphatic rings. The number of benzene rings is 1. The molecule has 10 heteroatoms. The lowest BCUT2D eigenvalue weighted by atomic mass is 9.95. The summed E-state index contributed by atoms with van der Waals surface area (Å²) in [4.78, 5) is 30.9. The van der Waals surface area contributed by atoms with Crippen molar-refractivity contribution in [2.45, 2.75) is 52.9 Å². The molecule has 1 fully saturated rings. The maximum atomic E-state index is 13.7. The molecule has 0 saturated heterocycles. The first-order chi connectivity index (χ1) is 17.1. The summed E-state index contributed by atoms with van der Waals surface area (Å²) in [6, 6.07) is 5.23. The van der Waals surface area contributed by atoms with E-state index in [-0.39, 0.29) is 36.7 Å². The van der Waals surface area contributed by atoms with E-state index >= 15 is 0 Å². The minimum Gasteiger partial charge on any atom is -0.465 e. The molecule has 1 saturated carbocycles. The molecule has 1 aromatic carbocycles. The number of hydrogen-bond acceptors (Lipinski definition) is 4. The van der Waals surface area contributed by atoms with E-state index < -0.39 is 17.7 Å². The van der Waals surface area contributed by atoms with Crippen molar-refractivity contribution in [2.75, 3.05) is 13.2 Å². The number of esters is 1. The highest BCUT2D eigenvalue weighted by molar-refractivity contribution is 6.35. The highest BCUT2D eigenvalue weighted by atomic mass is 35.5. The smallest absolute Gasteiger partial charge is 0.416 e. The number of alkyl halides is 3. The van der Waals surface area contributed by atoms with Crippen LogP contribution in [0.15, 0.2) is 30.5 Å². The van der Waals surface area contributed by atoms with E-state index in [4.69, 9.17) is 16.3 Å². The monoisotopic (exact) mass is 521 g/mol. The molecule has 1 aliphatic carbocycles. The third-order valence-corrected chi connectivity index (χ3v) is 6.75. The first-order valence-corrected chi connectivity index (χ1v) is 12.2. The van der Waals surface area contributed by atoms with E-state index in [0.717, 1.165) is 25.0 Å². The van der Waals surface area contributed by atoms with Gasteiger partial charge in [-0.1, -0.05) is 17.7 Å². The molecule has 1 amide bonds. The number of ether oxygens (including phenoxy) is 1. The Hall–Kier alpha value is -3.07. The molecule has 0 aliphatic heterocycles. The highest BCUT2D eigenvalue weighted by Crippen LogP contribution is 2.42. The second-order valence-electron chi connectivity index (χ2n) is 8.84. The fraction of sp³-hybridized carbons (Fsp3) is 0.423. The zero-order valence-electron chi connectivity index (χ0n) is 20.3. The molecule has 2 aromatic heterocycles. The summed E-state index contributed by atoms with van der Waals surface area (Å²) < 4.78 is 47.8. The number of pyridine rings is 1. The second-order valence-corrected chi connectivity index (χ2v) is 9.20. The summed E-state index contributed by atoms with van der Waals surface area (Å²) >= 11 is 6.50. The molecule has 3 aromatic rings. The van der Waals surface area contributed by atoms with Crippen molar-refractivity contribution < 1.29 is 27.5 Å². The summed E-state index contributed by atoms with van der Waals surface area (Å²) in [5, 5.41) is 0.694. The van der Waals surface area contributed by atoms with Crippen molar-refractivity contribution >= 4 is 34.4 Å². The Morgan fingerprint density at radius 3 is 2.56 bits per heavy atom. The van der Waals surface area contributed by atoms with E-state index in [1.165, 1.54) is 12.3 Å². The van der Waals surface area contributed by atoms with E-state index in [1.807, 2.05) is 6.92 Å². The lowest BCUT2D eigenvalue weighted by molar-refractivity contribution is -0.143. The number of carbonyl (C=O) groups is 2. The van der Waals surface area contributed by atoms with Crippen LogP contribution in [0.2, 0.25) is 5.15 Å². The molecule has 192 valence electrons. The van der Waals surface area contributed by atoms with Gasteiger partial charge in [-0.2, -0.15) is 13.2 Å². The molecule has 0 spiro atoms. The minimum atomic E-state index is -4.54. The number of nitrogens with zero attached hydrogens (tertiary/aromatic N) is 3. The zero-order valence-corrected chi connectivity index (χ0v) is 21.0. The van der Waals surface area contributed by atoms with Crippen LogP contribution in [0.3, 0.4) is 0 Å². The second kappa shape index (κ2) is 10.1. The Labute approximate surface area is 212 Å². The molecule has 6 nitrogen and oxygen atoms in total. The number of amides is 1. The van der Waals surface area contributed by atoms with Gasteiger partial charge in [0.1, 0.15) is 11.7 Å². The first kappa shape index (κ1) is 26.0. The average Bonchev–Trinajstić information content (AvgIpc) is 3.63. The van der Waals surface area contributed by atoms with Gasteiger partial charge in [0.2, 0.25) is 5.91 Å². The third-order valence-electron chi connectivity index (χ3n) is 6.47. The van der Waals surface area contributed by atoms with Crippen LogP contribution in [0.4, 0.5) is 13.2 Å². The van der Waals surface area contributed by atoms with Gasteiger partial charge in [-0.05, 0) is 62.9 Å². The molecule has 0 N–H and O–H groups in total. The number of rotatable bonds is 8. The first-order valence-electron chi connectivity index (χ1n) is 11.8. The van der Waals surface area contributed by atoms with Crippen LogP contribution in [0.1, 0.15) is 43.5 Å². The standard InChI is InChI=1S/C26H27ClF3N3O3/c1-4-32(25(35)16-6-7-16)13-17-12-18(26(28,29)30)8-9-19(17)22-15(3)33(14-21(34)36-5-2)20-10-11-31-24(27)23(20)22/h8-12,16H,4-7,13-14H2,1-3H3. The Balaban J connectivity index is 1.92. The number of fused-ring (bicyclic) bond motifs is 1. The molecule has 4 rings (SSSR count). The van der Waals surface area contributed by atoms with E-state index in [9.17, 15) is 22.8 Å². The van der Waals surface area contributed by atoms with Gasteiger partial charge in [0.05, 0.1) is 17.7 Å². The third kappa shape index (κ3) is 5.07. The van der Waals surface area contributed by atoms with Gasteiger partial charge in [0.15, 0.2) is 0 Å². The fourth-order valence-corrected chi connectivity index (χ4v) is 4.78. The quantitative estimate of drug-likeness (QED) is 0.269. The molecular weight excluding hydrogens is 495 g/mol. The summed E-state index contributed by atoms with van der Waals surface area (Å²) in [7, 11) is 0. The van der Waals surface area contributed by atoms with Gasteiger partial charge in [-0.25, -0.2) is 4.98 Å². The molecular formula is C26H27ClF3N3O3. The van der Waals surface area contributed by atoms with Crippen LogP contribution >= 0.6 is 11.6 Å². The summed E-state index contributed by atoms with van der Waals surface area (Å²) in [5.74, 6) is -0.565. The number of halogens is 4. The average molecular weight is 522 g/mol. The van der Waals surface area contributed by atoms with E-state index in [0.29, 0.717) is 39.8 Å². The number of carbonyl (C=O) groups excluding carboxylic acids is 2. The maximum Gasteiger partial charge on any atom is 0.416 e. The van der Waals surface area contributed by atoms with Crippen molar-refractivity contribution in [1.29, 1.82) is 0 Å². The fourth-order valence-electron chi connectivity index (χ4n) is 4.53. The predicted molar refractivity (Wildman–Crippen MR) is 130 cm³/mol. The van der Waals surface area contributed by atoms with Crippen LogP contribution in [0.5, 0.6) is 0 Å². The van der Waals surface area contributed by atoms with Gasteiger partial charge in [0.25, 0.3) is 0 Å². The van der Waals surface area contributed by atoms with Gasteiger partial charge in [0, 0.05) is 41.8 Å². The van der Waals surface area contributed by atoms with Gasteiger partial charge in [-0.15, -0.1) is 0 Å². The van der Waals surface area contributed by atoms with Crippen LogP contribution in [-0.2, 0) is 33.6 Å². The van der Waals surface area contributed by atoms with Crippen LogP contribution in [-0.4, -0.2) is 39.5 Å². The van der Waals surface area contributed by atoms with Crippen molar-refractivity contribution in [3.05, 3.63) is 52.4 Å². The van der Waals surface area contributed by atoms with Crippen molar-refractivity contribution in [1.82, 2.24) is 14.5 Å². The topological polar surface area (TPSA) is 64.4 Å². The molecule has 0 bridgehead atoms. The lowest BCUT2D eigenvalue weighted by Gasteiger charge is -2.24. The van der Waals surface area contributed by atoms with Crippen molar-refractivity contribution in [2.24, 2.45) is 5.92 Å². The molecule has 36 heavy (non-hydrogen) atoms. The largest absolute Gasteiger partial charge is 0.465 e. The molecule has 2 heterocycles. The minimum absolute atomic E-state index is 0.0208. The predicted octanol–water partition coefficient (Wildman–Crippen LogP) is 6.01. The van der Waals surface area contributed by atoms with Gasteiger partial charge >= 0.3 is 12.1 Å². The van der Waals surface area contributed by atoms with Gasteiger partial charge < -0.3 is 14.2 Å². The lowest BCUT2D eigenvalue weighted by Crippen LogP contribution is -2.31. The summed E-state index contributed by atoms with van der Waals surface area (Å²) in [6.07, 6.45) is -1.44. The van der Waals surface area contributed by atoms with Crippen LogP contribution in [0, 0.1) is 12.8 Å². The maximum absolute atomic E-state index is 13.7. The molecule has 0 unspecified atom stereocenters. The summed E-state index contributed by atoms with van der Waals surface area (Å²) in [6.45, 7) is 5.82. The Kier molecular flexibility index (Phi) is 7.31. The van der Waals surface area contributed by atoms with Crippen molar-refractivity contribution in [3.8, 4) is 11.1 Å². The Bertz CT molecular complexity index is 1320. The number of hydrogen-bond donors (Lipinski definition) is 0. The van der Waals surface area contributed by atoms with Crippen LogP contribution in [0.25, 0.3) is 22.0 Å². The highest BCUT2D eigenvalue weighted by Gasteiger charge is 2.35. The Morgan fingerprint density at radius 2 is 1.94 bits per heavy atom. The number of aromatic nitrogens is 2. The zero-order chi connectivity index (χ0) is 26.2.